The minimum Gasteiger partial charge on any atom is -0.381 e. The van der Waals surface area contributed by atoms with Crippen LogP contribution in [0.5, 0.6) is 0 Å². The maximum absolute atomic E-state index is 10.8. The van der Waals surface area contributed by atoms with Crippen molar-refractivity contribution in [1.82, 2.24) is 10.2 Å². The Morgan fingerprint density at radius 3 is 3.15 bits per heavy atom. The van der Waals surface area contributed by atoms with Crippen molar-refractivity contribution < 1.29 is 4.74 Å². The second-order valence-corrected chi connectivity index (χ2v) is 2.76. The third-order valence-corrected chi connectivity index (χ3v) is 1.66. The van der Waals surface area contributed by atoms with E-state index in [0.29, 0.717) is 12.2 Å². The summed E-state index contributed by atoms with van der Waals surface area (Å²) >= 11 is 0. The minimum absolute atomic E-state index is 0.110. The molecule has 5 nitrogen and oxygen atoms in total. The number of aromatic amines is 1. The molecule has 1 rings (SSSR count). The fraction of sp³-hybridized carbons (Fsp3) is 0.500. The van der Waals surface area contributed by atoms with Crippen molar-refractivity contribution in [1.29, 1.82) is 0 Å². The lowest BCUT2D eigenvalue weighted by Crippen LogP contribution is -2.19. The lowest BCUT2D eigenvalue weighted by Gasteiger charge is -2.10. The highest BCUT2D eigenvalue weighted by Crippen LogP contribution is 1.99. The molecule has 1 aromatic rings. The van der Waals surface area contributed by atoms with Gasteiger partial charge in [0.05, 0.1) is 18.0 Å². The van der Waals surface area contributed by atoms with Crippen molar-refractivity contribution in [3.05, 3.63) is 22.6 Å². The minimum atomic E-state index is -0.213. The number of methoxy groups -OCH3 is 1. The molecule has 0 aliphatic carbocycles. The van der Waals surface area contributed by atoms with Crippen LogP contribution in [0.25, 0.3) is 0 Å². The lowest BCUT2D eigenvalue weighted by molar-refractivity contribution is 0.129. The molecule has 1 aromatic heterocycles. The molecule has 0 saturated heterocycles. The van der Waals surface area contributed by atoms with Gasteiger partial charge in [-0.25, -0.2) is 5.10 Å². The van der Waals surface area contributed by atoms with Crippen molar-refractivity contribution in [2.45, 2.75) is 13.0 Å². The van der Waals surface area contributed by atoms with E-state index in [4.69, 9.17) is 4.74 Å². The van der Waals surface area contributed by atoms with E-state index in [1.54, 1.807) is 13.3 Å². The van der Waals surface area contributed by atoms with Crippen molar-refractivity contribution in [3.8, 4) is 0 Å². The van der Waals surface area contributed by atoms with Gasteiger partial charge in [0.15, 0.2) is 0 Å². The van der Waals surface area contributed by atoms with Crippen LogP contribution in [0.1, 0.15) is 6.92 Å². The average molecular weight is 183 g/mol. The number of nitrogens with one attached hydrogen (secondary N) is 2. The van der Waals surface area contributed by atoms with Gasteiger partial charge in [0.25, 0.3) is 5.56 Å². The molecule has 5 heteroatoms. The van der Waals surface area contributed by atoms with E-state index in [1.165, 1.54) is 6.07 Å². The molecule has 1 atom stereocenters. The number of ether oxygens (including phenoxy) is 1. The van der Waals surface area contributed by atoms with Gasteiger partial charge in [0.2, 0.25) is 0 Å². The first-order valence-corrected chi connectivity index (χ1v) is 4.04. The van der Waals surface area contributed by atoms with E-state index in [2.05, 4.69) is 15.5 Å². The molecule has 0 amide bonds. The summed E-state index contributed by atoms with van der Waals surface area (Å²) in [7, 11) is 1.64. The molecular weight excluding hydrogens is 170 g/mol. The van der Waals surface area contributed by atoms with Gasteiger partial charge in [-0.15, -0.1) is 0 Å². The van der Waals surface area contributed by atoms with Gasteiger partial charge >= 0.3 is 0 Å². The molecule has 0 radical (unpaired) electrons. The molecular formula is C8H13N3O2. The van der Waals surface area contributed by atoms with Crippen molar-refractivity contribution in [2.24, 2.45) is 0 Å². The molecule has 0 aromatic carbocycles. The molecule has 1 heterocycles. The van der Waals surface area contributed by atoms with Crippen LogP contribution < -0.4 is 10.9 Å². The highest BCUT2D eigenvalue weighted by molar-refractivity contribution is 5.38. The Balaban J connectivity index is 2.50. The maximum atomic E-state index is 10.8. The van der Waals surface area contributed by atoms with Crippen LogP contribution in [0.2, 0.25) is 0 Å². The SMILES string of the molecule is COC(C)CNc1cn[nH]c(=O)c1. The number of hydrogen-bond acceptors (Lipinski definition) is 4. The van der Waals surface area contributed by atoms with Gasteiger partial charge in [0.1, 0.15) is 0 Å². The standard InChI is InChI=1S/C8H13N3O2/c1-6(13-2)4-9-7-3-8(12)11-10-5-7/h3,5-6H,4H2,1-2H3,(H2,9,11,12). The van der Waals surface area contributed by atoms with Gasteiger partial charge in [-0.2, -0.15) is 5.10 Å². The molecule has 0 fully saturated rings. The van der Waals surface area contributed by atoms with Crippen LogP contribution >= 0.6 is 0 Å². The van der Waals surface area contributed by atoms with E-state index in [-0.39, 0.29) is 11.7 Å². The fourth-order valence-electron chi connectivity index (χ4n) is 0.818. The Morgan fingerprint density at radius 1 is 1.77 bits per heavy atom. The second-order valence-electron chi connectivity index (χ2n) is 2.76. The Kier molecular flexibility index (Phi) is 3.45. The molecule has 0 aliphatic rings. The van der Waals surface area contributed by atoms with Crippen LogP contribution in [0, 0.1) is 0 Å². The monoisotopic (exact) mass is 183 g/mol. The summed E-state index contributed by atoms with van der Waals surface area (Å²) in [6, 6.07) is 1.45. The summed E-state index contributed by atoms with van der Waals surface area (Å²) in [5, 5.41) is 8.97. The smallest absolute Gasteiger partial charge is 0.266 e. The zero-order valence-electron chi connectivity index (χ0n) is 7.70. The van der Waals surface area contributed by atoms with Crippen LogP contribution in [-0.4, -0.2) is 30.0 Å². The van der Waals surface area contributed by atoms with E-state index in [0.717, 1.165) is 0 Å². The quantitative estimate of drug-likeness (QED) is 0.700. The summed E-state index contributed by atoms with van der Waals surface area (Å²) in [4.78, 5) is 10.8. The van der Waals surface area contributed by atoms with Crippen LogP contribution in [0.4, 0.5) is 5.69 Å². The third-order valence-electron chi connectivity index (χ3n) is 1.66. The van der Waals surface area contributed by atoms with Gasteiger partial charge in [-0.3, -0.25) is 4.79 Å². The molecule has 0 aliphatic heterocycles. The number of aromatic nitrogens is 2. The largest absolute Gasteiger partial charge is 0.381 e. The number of rotatable bonds is 4. The Bertz CT molecular complexity index is 310. The molecule has 0 spiro atoms. The number of anilines is 1. The summed E-state index contributed by atoms with van der Waals surface area (Å²) in [5.41, 5.74) is 0.489. The molecule has 2 N–H and O–H groups in total. The van der Waals surface area contributed by atoms with E-state index in [1.807, 2.05) is 6.92 Å². The Labute approximate surface area is 76.1 Å². The van der Waals surface area contributed by atoms with Crippen molar-refractivity contribution in [2.75, 3.05) is 19.0 Å². The number of hydrogen-bond donors (Lipinski definition) is 2. The second kappa shape index (κ2) is 4.61. The molecule has 72 valence electrons. The topological polar surface area (TPSA) is 67.0 Å². The first-order valence-electron chi connectivity index (χ1n) is 4.04. The van der Waals surface area contributed by atoms with Crippen LogP contribution in [0.3, 0.4) is 0 Å². The van der Waals surface area contributed by atoms with Crippen LogP contribution in [0.15, 0.2) is 17.1 Å². The zero-order valence-corrected chi connectivity index (χ0v) is 7.70. The van der Waals surface area contributed by atoms with Gasteiger partial charge < -0.3 is 10.1 Å². The average Bonchev–Trinajstić information content (AvgIpc) is 2.14. The first kappa shape index (κ1) is 9.73. The van der Waals surface area contributed by atoms with Crippen molar-refractivity contribution >= 4 is 5.69 Å². The van der Waals surface area contributed by atoms with Gasteiger partial charge in [-0.1, -0.05) is 0 Å². The van der Waals surface area contributed by atoms with E-state index < -0.39 is 0 Å². The van der Waals surface area contributed by atoms with Crippen molar-refractivity contribution in [3.63, 3.8) is 0 Å². The Morgan fingerprint density at radius 2 is 2.54 bits per heavy atom. The lowest BCUT2D eigenvalue weighted by atomic mass is 10.4. The van der Waals surface area contributed by atoms with Gasteiger partial charge in [-0.05, 0) is 6.92 Å². The maximum Gasteiger partial charge on any atom is 0.266 e. The zero-order chi connectivity index (χ0) is 9.68. The highest BCUT2D eigenvalue weighted by Gasteiger charge is 1.98. The number of nitrogens with zero attached hydrogens (tertiary/aromatic N) is 1. The summed E-state index contributed by atoms with van der Waals surface area (Å²) < 4.78 is 5.03. The summed E-state index contributed by atoms with van der Waals surface area (Å²) in [6.07, 6.45) is 1.67. The highest BCUT2D eigenvalue weighted by atomic mass is 16.5. The third kappa shape index (κ3) is 3.25. The predicted octanol–water partition coefficient (Wildman–Crippen LogP) is 0.217. The normalized spacial score (nSPS) is 12.5. The molecule has 0 bridgehead atoms. The summed E-state index contributed by atoms with van der Waals surface area (Å²) in [5.74, 6) is 0. The van der Waals surface area contributed by atoms with Crippen LogP contribution in [-0.2, 0) is 4.74 Å². The molecule has 1 unspecified atom stereocenters. The number of H-pyrrole nitrogens is 1. The first-order chi connectivity index (χ1) is 6.22. The Hall–Kier alpha value is -1.36. The predicted molar refractivity (Wildman–Crippen MR) is 49.8 cm³/mol. The van der Waals surface area contributed by atoms with E-state index >= 15 is 0 Å². The summed E-state index contributed by atoms with van der Waals surface area (Å²) in [6.45, 7) is 2.59. The van der Waals surface area contributed by atoms with E-state index in [9.17, 15) is 4.79 Å². The molecule has 0 saturated carbocycles. The fourth-order valence-corrected chi connectivity index (χ4v) is 0.818. The van der Waals surface area contributed by atoms with Gasteiger partial charge in [0, 0.05) is 19.7 Å². The molecule has 13 heavy (non-hydrogen) atoms.